The van der Waals surface area contributed by atoms with Gasteiger partial charge < -0.3 is 15.4 Å². The molecule has 0 fully saturated rings. The molecule has 0 heterocycles. The van der Waals surface area contributed by atoms with Crippen LogP contribution in [0.4, 0.5) is 10.5 Å². The summed E-state index contributed by atoms with van der Waals surface area (Å²) in [6, 6.07) is 14.5. The molecule has 2 aromatic carbocycles. The number of halogens is 1. The van der Waals surface area contributed by atoms with Gasteiger partial charge in [-0.2, -0.15) is 0 Å². The van der Waals surface area contributed by atoms with Crippen LogP contribution in [0.15, 0.2) is 48.5 Å². The molecule has 0 aliphatic rings. The lowest BCUT2D eigenvalue weighted by atomic mass is 10.0. The maximum Gasteiger partial charge on any atom is 0.322 e. The van der Waals surface area contributed by atoms with Gasteiger partial charge in [-0.15, -0.1) is 0 Å². The van der Waals surface area contributed by atoms with E-state index in [1.165, 1.54) is 5.56 Å². The summed E-state index contributed by atoms with van der Waals surface area (Å²) in [4.78, 5) is 12.0. The van der Waals surface area contributed by atoms with Crippen LogP contribution in [0.2, 0.25) is 5.02 Å². The molecule has 2 amide bonds. The van der Waals surface area contributed by atoms with Gasteiger partial charge in [0.15, 0.2) is 6.23 Å². The van der Waals surface area contributed by atoms with Crippen molar-refractivity contribution in [1.82, 2.24) is 5.32 Å². The second-order valence-electron chi connectivity index (χ2n) is 5.59. The number of benzene rings is 2. The average molecular weight is 333 g/mol. The van der Waals surface area contributed by atoms with Crippen molar-refractivity contribution in [3.05, 3.63) is 59.1 Å². The third-order valence-electron chi connectivity index (χ3n) is 3.30. The summed E-state index contributed by atoms with van der Waals surface area (Å²) in [6.45, 7) is 6.02. The van der Waals surface area contributed by atoms with Crippen molar-refractivity contribution in [3.8, 4) is 5.75 Å². The Morgan fingerprint density at radius 3 is 2.17 bits per heavy atom. The lowest BCUT2D eigenvalue weighted by Crippen LogP contribution is -2.39. The van der Waals surface area contributed by atoms with Crippen molar-refractivity contribution < 1.29 is 9.53 Å². The van der Waals surface area contributed by atoms with E-state index in [0.717, 1.165) is 5.69 Å². The van der Waals surface area contributed by atoms with Gasteiger partial charge in [0, 0.05) is 10.7 Å². The summed E-state index contributed by atoms with van der Waals surface area (Å²) < 4.78 is 5.60. The Bertz CT molecular complexity index is 639. The van der Waals surface area contributed by atoms with E-state index in [4.69, 9.17) is 16.3 Å². The van der Waals surface area contributed by atoms with Gasteiger partial charge in [-0.25, -0.2) is 4.79 Å². The van der Waals surface area contributed by atoms with E-state index < -0.39 is 6.23 Å². The van der Waals surface area contributed by atoms with Gasteiger partial charge in [0.1, 0.15) is 5.75 Å². The van der Waals surface area contributed by atoms with Crippen LogP contribution >= 0.6 is 11.6 Å². The molecule has 1 unspecified atom stereocenters. The topological polar surface area (TPSA) is 50.4 Å². The Hall–Kier alpha value is -2.20. The second kappa shape index (κ2) is 7.88. The highest BCUT2D eigenvalue weighted by atomic mass is 35.5. The van der Waals surface area contributed by atoms with Crippen molar-refractivity contribution in [3.63, 3.8) is 0 Å². The van der Waals surface area contributed by atoms with Crippen LogP contribution < -0.4 is 15.4 Å². The highest BCUT2D eigenvalue weighted by Gasteiger charge is 2.09. The first-order valence-electron chi connectivity index (χ1n) is 7.54. The molecule has 2 N–H and O–H groups in total. The smallest absolute Gasteiger partial charge is 0.322 e. The quantitative estimate of drug-likeness (QED) is 0.756. The number of carbonyl (C=O) groups is 1. The SMILES string of the molecule is CC(NC(=O)Nc1ccc(C(C)C)cc1)Oc1ccc(Cl)cc1. The summed E-state index contributed by atoms with van der Waals surface area (Å²) >= 11 is 5.82. The van der Waals surface area contributed by atoms with Gasteiger partial charge in [-0.3, -0.25) is 0 Å². The summed E-state index contributed by atoms with van der Waals surface area (Å²) in [6.07, 6.45) is -0.467. The first-order valence-corrected chi connectivity index (χ1v) is 7.91. The number of amides is 2. The fourth-order valence-corrected chi connectivity index (χ4v) is 2.18. The second-order valence-corrected chi connectivity index (χ2v) is 6.03. The Balaban J connectivity index is 1.84. The molecule has 1 atom stereocenters. The standard InChI is InChI=1S/C18H21ClN2O2/c1-12(2)14-4-8-16(9-5-14)21-18(22)20-13(3)23-17-10-6-15(19)7-11-17/h4-13H,1-3H3,(H2,20,21,22). The van der Waals surface area contributed by atoms with Crippen LogP contribution in [0, 0.1) is 0 Å². The average Bonchev–Trinajstić information content (AvgIpc) is 2.50. The van der Waals surface area contributed by atoms with Crippen molar-refractivity contribution in [2.45, 2.75) is 32.9 Å². The molecular formula is C18H21ClN2O2. The van der Waals surface area contributed by atoms with Gasteiger partial charge in [0.2, 0.25) is 0 Å². The monoisotopic (exact) mass is 332 g/mol. The summed E-state index contributed by atoms with van der Waals surface area (Å²) in [5.41, 5.74) is 1.97. The van der Waals surface area contributed by atoms with Crippen LogP contribution in [0.5, 0.6) is 5.75 Å². The van der Waals surface area contributed by atoms with Gasteiger partial charge in [0.25, 0.3) is 0 Å². The molecule has 0 spiro atoms. The molecule has 0 aromatic heterocycles. The minimum absolute atomic E-state index is 0.316. The number of ether oxygens (including phenoxy) is 1. The lowest BCUT2D eigenvalue weighted by molar-refractivity contribution is 0.183. The first-order chi connectivity index (χ1) is 10.9. The Kier molecular flexibility index (Phi) is 5.88. The predicted octanol–water partition coefficient (Wildman–Crippen LogP) is 5.01. The molecule has 5 heteroatoms. The van der Waals surface area contributed by atoms with Crippen LogP contribution in [-0.2, 0) is 0 Å². The molecule has 0 saturated heterocycles. The number of anilines is 1. The van der Waals surface area contributed by atoms with Crippen molar-refractivity contribution in [2.24, 2.45) is 0 Å². The molecule has 0 radical (unpaired) electrons. The summed E-state index contributed by atoms with van der Waals surface area (Å²) in [7, 11) is 0. The molecule has 122 valence electrons. The molecule has 2 rings (SSSR count). The molecule has 4 nitrogen and oxygen atoms in total. The highest BCUT2D eigenvalue weighted by molar-refractivity contribution is 6.30. The lowest BCUT2D eigenvalue weighted by Gasteiger charge is -2.17. The zero-order valence-electron chi connectivity index (χ0n) is 13.5. The number of hydrogen-bond donors (Lipinski definition) is 2. The molecule has 23 heavy (non-hydrogen) atoms. The van der Waals surface area contributed by atoms with E-state index in [-0.39, 0.29) is 6.03 Å². The zero-order valence-corrected chi connectivity index (χ0v) is 14.2. The number of urea groups is 1. The number of nitrogens with one attached hydrogen (secondary N) is 2. The van der Waals surface area contributed by atoms with Gasteiger partial charge in [-0.1, -0.05) is 37.6 Å². The number of carbonyl (C=O) groups excluding carboxylic acids is 1. The van der Waals surface area contributed by atoms with E-state index in [2.05, 4.69) is 24.5 Å². The van der Waals surface area contributed by atoms with E-state index in [1.807, 2.05) is 24.3 Å². The highest BCUT2D eigenvalue weighted by Crippen LogP contribution is 2.18. The molecular weight excluding hydrogens is 312 g/mol. The fourth-order valence-electron chi connectivity index (χ4n) is 2.05. The largest absolute Gasteiger partial charge is 0.471 e. The van der Waals surface area contributed by atoms with E-state index in [9.17, 15) is 4.79 Å². The zero-order chi connectivity index (χ0) is 16.8. The van der Waals surface area contributed by atoms with Gasteiger partial charge >= 0.3 is 6.03 Å². The third-order valence-corrected chi connectivity index (χ3v) is 3.55. The fraction of sp³-hybridized carbons (Fsp3) is 0.278. The number of rotatable bonds is 5. The van der Waals surface area contributed by atoms with Crippen molar-refractivity contribution in [1.29, 1.82) is 0 Å². The molecule has 0 bridgehead atoms. The third kappa shape index (κ3) is 5.49. The maximum atomic E-state index is 12.0. The van der Waals surface area contributed by atoms with Crippen LogP contribution in [0.25, 0.3) is 0 Å². The minimum Gasteiger partial charge on any atom is -0.471 e. The van der Waals surface area contributed by atoms with E-state index in [0.29, 0.717) is 16.7 Å². The Morgan fingerprint density at radius 1 is 1.00 bits per heavy atom. The number of hydrogen-bond acceptors (Lipinski definition) is 2. The van der Waals surface area contributed by atoms with Crippen LogP contribution in [0.1, 0.15) is 32.3 Å². The molecule has 0 aliphatic carbocycles. The predicted molar refractivity (Wildman–Crippen MR) is 94.2 cm³/mol. The molecule has 2 aromatic rings. The molecule has 0 saturated carbocycles. The molecule has 0 aliphatic heterocycles. The summed E-state index contributed by atoms with van der Waals surface area (Å²) in [5, 5.41) is 6.15. The normalized spacial score (nSPS) is 11.9. The Morgan fingerprint density at radius 2 is 1.61 bits per heavy atom. The van der Waals surface area contributed by atoms with Gasteiger partial charge in [-0.05, 0) is 54.8 Å². The maximum absolute atomic E-state index is 12.0. The van der Waals surface area contributed by atoms with Gasteiger partial charge in [0.05, 0.1) is 0 Å². The van der Waals surface area contributed by atoms with Crippen LogP contribution in [-0.4, -0.2) is 12.3 Å². The van der Waals surface area contributed by atoms with Crippen molar-refractivity contribution >= 4 is 23.3 Å². The summed E-state index contributed by atoms with van der Waals surface area (Å²) in [5.74, 6) is 1.11. The van der Waals surface area contributed by atoms with E-state index >= 15 is 0 Å². The Labute approximate surface area is 141 Å². The first kappa shape index (κ1) is 17.2. The van der Waals surface area contributed by atoms with E-state index in [1.54, 1.807) is 31.2 Å². The van der Waals surface area contributed by atoms with Crippen molar-refractivity contribution in [2.75, 3.05) is 5.32 Å². The van der Waals surface area contributed by atoms with Crippen LogP contribution in [0.3, 0.4) is 0 Å². The minimum atomic E-state index is -0.467.